The summed E-state index contributed by atoms with van der Waals surface area (Å²) >= 11 is 0. The number of anilines is 1. The number of carbonyl (C=O) groups is 1. The molecule has 0 bridgehead atoms. The first-order chi connectivity index (χ1) is 8.18. The van der Waals surface area contributed by atoms with Crippen LogP contribution in [-0.4, -0.2) is 23.4 Å². The van der Waals surface area contributed by atoms with Gasteiger partial charge in [0.15, 0.2) is 0 Å². The summed E-state index contributed by atoms with van der Waals surface area (Å²) in [6.07, 6.45) is 4.67. The fourth-order valence-corrected chi connectivity index (χ4v) is 2.41. The average molecular weight is 232 g/mol. The molecule has 1 atom stereocenters. The number of rotatable bonds is 1. The molecule has 2 N–H and O–H groups in total. The minimum Gasteiger partial charge on any atom is -0.399 e. The minimum atomic E-state index is 0.117. The normalized spacial score (nSPS) is 21.0. The van der Waals surface area contributed by atoms with Gasteiger partial charge in [-0.05, 0) is 38.0 Å². The SMILES string of the molecule is CC1CCCCCN1C(=O)c1cccc(N)c1. The minimum absolute atomic E-state index is 0.117. The van der Waals surface area contributed by atoms with Crippen molar-refractivity contribution in [3.8, 4) is 0 Å². The van der Waals surface area contributed by atoms with E-state index >= 15 is 0 Å². The van der Waals surface area contributed by atoms with Gasteiger partial charge in [0.05, 0.1) is 0 Å². The third kappa shape index (κ3) is 2.78. The van der Waals surface area contributed by atoms with Gasteiger partial charge in [0.25, 0.3) is 5.91 Å². The molecule has 1 unspecified atom stereocenters. The van der Waals surface area contributed by atoms with Crippen molar-refractivity contribution < 1.29 is 4.79 Å². The molecule has 3 nitrogen and oxygen atoms in total. The molecule has 1 aliphatic heterocycles. The lowest BCUT2D eigenvalue weighted by atomic mass is 10.1. The van der Waals surface area contributed by atoms with E-state index in [-0.39, 0.29) is 5.91 Å². The monoisotopic (exact) mass is 232 g/mol. The number of carbonyl (C=O) groups excluding carboxylic acids is 1. The van der Waals surface area contributed by atoms with E-state index in [1.54, 1.807) is 6.07 Å². The van der Waals surface area contributed by atoms with Crippen molar-refractivity contribution in [2.45, 2.75) is 38.6 Å². The van der Waals surface area contributed by atoms with Gasteiger partial charge >= 0.3 is 0 Å². The number of hydrogen-bond donors (Lipinski definition) is 1. The lowest BCUT2D eigenvalue weighted by molar-refractivity contribution is 0.0698. The van der Waals surface area contributed by atoms with Crippen LogP contribution >= 0.6 is 0 Å². The molecule has 92 valence electrons. The van der Waals surface area contributed by atoms with E-state index < -0.39 is 0 Å². The predicted octanol–water partition coefficient (Wildman–Crippen LogP) is 2.67. The van der Waals surface area contributed by atoms with Crippen molar-refractivity contribution in [2.75, 3.05) is 12.3 Å². The molecule has 3 heteroatoms. The topological polar surface area (TPSA) is 46.3 Å². The molecule has 1 fully saturated rings. The molecular weight excluding hydrogens is 212 g/mol. The highest BCUT2D eigenvalue weighted by molar-refractivity contribution is 5.95. The molecule has 1 aromatic rings. The number of nitrogens with two attached hydrogens (primary N) is 1. The van der Waals surface area contributed by atoms with Crippen molar-refractivity contribution in [3.05, 3.63) is 29.8 Å². The van der Waals surface area contributed by atoms with Crippen LogP contribution in [-0.2, 0) is 0 Å². The van der Waals surface area contributed by atoms with Crippen LogP contribution < -0.4 is 5.73 Å². The quantitative estimate of drug-likeness (QED) is 0.757. The van der Waals surface area contributed by atoms with Crippen LogP contribution in [0.15, 0.2) is 24.3 Å². The average Bonchev–Trinajstić information content (AvgIpc) is 2.53. The van der Waals surface area contributed by atoms with E-state index in [9.17, 15) is 4.79 Å². The summed E-state index contributed by atoms with van der Waals surface area (Å²) in [5, 5.41) is 0. The Labute approximate surface area is 103 Å². The molecular formula is C14H20N2O. The largest absolute Gasteiger partial charge is 0.399 e. The maximum atomic E-state index is 12.4. The zero-order valence-corrected chi connectivity index (χ0v) is 10.4. The highest BCUT2D eigenvalue weighted by atomic mass is 16.2. The molecule has 0 aliphatic carbocycles. The molecule has 1 aromatic carbocycles. The number of nitrogen functional groups attached to an aromatic ring is 1. The molecule has 2 rings (SSSR count). The van der Waals surface area contributed by atoms with Gasteiger partial charge < -0.3 is 10.6 Å². The van der Waals surface area contributed by atoms with Crippen LogP contribution in [0.1, 0.15) is 43.0 Å². The van der Waals surface area contributed by atoms with Crippen LogP contribution in [0.5, 0.6) is 0 Å². The zero-order chi connectivity index (χ0) is 12.3. The van der Waals surface area contributed by atoms with E-state index in [2.05, 4.69) is 6.92 Å². The first-order valence-corrected chi connectivity index (χ1v) is 6.35. The Morgan fingerprint density at radius 1 is 1.35 bits per heavy atom. The lowest BCUT2D eigenvalue weighted by Gasteiger charge is -2.27. The van der Waals surface area contributed by atoms with E-state index in [0.717, 1.165) is 19.4 Å². The standard InChI is InChI=1S/C14H20N2O/c1-11-6-3-2-4-9-16(11)14(17)12-7-5-8-13(15)10-12/h5,7-8,10-11H,2-4,6,9,15H2,1H3. The molecule has 1 heterocycles. The smallest absolute Gasteiger partial charge is 0.254 e. The summed E-state index contributed by atoms with van der Waals surface area (Å²) in [6.45, 7) is 3.00. The number of amides is 1. The van der Waals surface area contributed by atoms with Gasteiger partial charge in [-0.1, -0.05) is 18.9 Å². The molecule has 0 aromatic heterocycles. The summed E-state index contributed by atoms with van der Waals surface area (Å²) in [5.74, 6) is 0.117. The van der Waals surface area contributed by atoms with Gasteiger partial charge in [-0.2, -0.15) is 0 Å². The molecule has 1 saturated heterocycles. The number of benzene rings is 1. The predicted molar refractivity (Wildman–Crippen MR) is 69.8 cm³/mol. The first kappa shape index (κ1) is 12.0. The van der Waals surface area contributed by atoms with E-state index in [1.807, 2.05) is 23.1 Å². The van der Waals surface area contributed by atoms with Gasteiger partial charge in [-0.3, -0.25) is 4.79 Å². The third-order valence-corrected chi connectivity index (χ3v) is 3.45. The zero-order valence-electron chi connectivity index (χ0n) is 10.4. The molecule has 0 saturated carbocycles. The number of hydrogen-bond acceptors (Lipinski definition) is 2. The van der Waals surface area contributed by atoms with E-state index in [1.165, 1.54) is 12.8 Å². The summed E-state index contributed by atoms with van der Waals surface area (Å²) in [4.78, 5) is 14.4. The van der Waals surface area contributed by atoms with Gasteiger partial charge in [-0.15, -0.1) is 0 Å². The van der Waals surface area contributed by atoms with Crippen LogP contribution in [0.2, 0.25) is 0 Å². The highest BCUT2D eigenvalue weighted by Gasteiger charge is 2.22. The van der Waals surface area contributed by atoms with E-state index in [4.69, 9.17) is 5.73 Å². The van der Waals surface area contributed by atoms with Crippen molar-refractivity contribution in [1.29, 1.82) is 0 Å². The van der Waals surface area contributed by atoms with E-state index in [0.29, 0.717) is 17.3 Å². The lowest BCUT2D eigenvalue weighted by Crippen LogP contribution is -2.38. The van der Waals surface area contributed by atoms with Crippen molar-refractivity contribution in [2.24, 2.45) is 0 Å². The summed E-state index contributed by atoms with van der Waals surface area (Å²) in [6, 6.07) is 7.59. The van der Waals surface area contributed by atoms with Crippen LogP contribution in [0.25, 0.3) is 0 Å². The van der Waals surface area contributed by atoms with Crippen LogP contribution in [0.3, 0.4) is 0 Å². The van der Waals surface area contributed by atoms with Gasteiger partial charge in [0.1, 0.15) is 0 Å². The molecule has 0 radical (unpaired) electrons. The van der Waals surface area contributed by atoms with Crippen molar-refractivity contribution in [3.63, 3.8) is 0 Å². The third-order valence-electron chi connectivity index (χ3n) is 3.45. The van der Waals surface area contributed by atoms with Crippen molar-refractivity contribution in [1.82, 2.24) is 4.90 Å². The van der Waals surface area contributed by atoms with Crippen LogP contribution in [0.4, 0.5) is 5.69 Å². The summed E-state index contributed by atoms with van der Waals surface area (Å²) < 4.78 is 0. The molecule has 1 aliphatic rings. The van der Waals surface area contributed by atoms with Crippen LogP contribution in [0, 0.1) is 0 Å². The summed E-state index contributed by atoms with van der Waals surface area (Å²) in [5.41, 5.74) is 7.08. The fraction of sp³-hybridized carbons (Fsp3) is 0.500. The molecule has 0 spiro atoms. The Balaban J connectivity index is 2.18. The van der Waals surface area contributed by atoms with Gasteiger partial charge in [0.2, 0.25) is 0 Å². The Morgan fingerprint density at radius 2 is 2.18 bits per heavy atom. The second kappa shape index (κ2) is 5.21. The first-order valence-electron chi connectivity index (χ1n) is 6.35. The number of nitrogens with zero attached hydrogens (tertiary/aromatic N) is 1. The maximum absolute atomic E-state index is 12.4. The molecule has 17 heavy (non-hydrogen) atoms. The Kier molecular flexibility index (Phi) is 3.67. The van der Waals surface area contributed by atoms with Crippen molar-refractivity contribution >= 4 is 11.6 Å². The maximum Gasteiger partial charge on any atom is 0.254 e. The Hall–Kier alpha value is -1.51. The van der Waals surface area contributed by atoms with Gasteiger partial charge in [-0.25, -0.2) is 0 Å². The Morgan fingerprint density at radius 3 is 2.94 bits per heavy atom. The highest BCUT2D eigenvalue weighted by Crippen LogP contribution is 2.19. The fourth-order valence-electron chi connectivity index (χ4n) is 2.41. The second-order valence-electron chi connectivity index (χ2n) is 4.82. The van der Waals surface area contributed by atoms with Gasteiger partial charge in [0, 0.05) is 23.8 Å². The Bertz CT molecular complexity index is 403. The number of likely N-dealkylation sites (tertiary alicyclic amines) is 1. The summed E-state index contributed by atoms with van der Waals surface area (Å²) in [7, 11) is 0. The second-order valence-corrected chi connectivity index (χ2v) is 4.82. The molecule has 1 amide bonds.